The van der Waals surface area contributed by atoms with Crippen LogP contribution < -0.4 is 4.72 Å². The van der Waals surface area contributed by atoms with E-state index in [4.69, 9.17) is 0 Å². The van der Waals surface area contributed by atoms with Gasteiger partial charge in [0.05, 0.1) is 10.6 Å². The van der Waals surface area contributed by atoms with Crippen molar-refractivity contribution >= 4 is 21.4 Å². The van der Waals surface area contributed by atoms with Crippen LogP contribution in [0.2, 0.25) is 0 Å². The van der Waals surface area contributed by atoms with Crippen LogP contribution in [0.5, 0.6) is 0 Å². The molecule has 4 nitrogen and oxygen atoms in total. The van der Waals surface area contributed by atoms with Crippen LogP contribution in [0.25, 0.3) is 10.6 Å². The molecule has 0 aliphatic heterocycles. The zero-order valence-corrected chi connectivity index (χ0v) is 18.6. The van der Waals surface area contributed by atoms with Crippen molar-refractivity contribution in [3.8, 4) is 10.6 Å². The maximum Gasteiger partial charge on any atom is 0.240 e. The van der Waals surface area contributed by atoms with Crippen LogP contribution >= 0.6 is 11.3 Å². The van der Waals surface area contributed by atoms with Crippen molar-refractivity contribution in [3.63, 3.8) is 0 Å². The highest BCUT2D eigenvalue weighted by molar-refractivity contribution is 7.89. The summed E-state index contributed by atoms with van der Waals surface area (Å²) < 4.78 is 28.2. The minimum absolute atomic E-state index is 0.352. The Morgan fingerprint density at radius 2 is 1.68 bits per heavy atom. The summed E-state index contributed by atoms with van der Waals surface area (Å²) in [5.41, 5.74) is 6.11. The Kier molecular flexibility index (Phi) is 6.03. The summed E-state index contributed by atoms with van der Waals surface area (Å²) in [5, 5.41) is 0.976. The molecule has 1 heterocycles. The van der Waals surface area contributed by atoms with Crippen molar-refractivity contribution in [3.05, 3.63) is 69.2 Å². The molecule has 0 fully saturated rings. The number of thiazole rings is 1. The van der Waals surface area contributed by atoms with Gasteiger partial charge in [-0.3, -0.25) is 0 Å². The molecule has 1 N–H and O–H groups in total. The molecule has 0 atom stereocenters. The molecule has 3 aromatic rings. The first-order chi connectivity index (χ1) is 13.2. The fourth-order valence-electron chi connectivity index (χ4n) is 3.16. The van der Waals surface area contributed by atoms with Gasteiger partial charge in [-0.25, -0.2) is 18.1 Å². The van der Waals surface area contributed by atoms with Crippen molar-refractivity contribution in [2.45, 2.75) is 45.9 Å². The average Bonchev–Trinajstić information content (AvgIpc) is 2.99. The highest BCUT2D eigenvalue weighted by Crippen LogP contribution is 2.28. The third-order valence-corrected chi connectivity index (χ3v) is 7.75. The minimum Gasteiger partial charge on any atom is -0.241 e. The van der Waals surface area contributed by atoms with Gasteiger partial charge in [-0.05, 0) is 69.9 Å². The minimum atomic E-state index is -3.53. The maximum absolute atomic E-state index is 12.7. The van der Waals surface area contributed by atoms with E-state index in [0.717, 1.165) is 37.8 Å². The van der Waals surface area contributed by atoms with Crippen LogP contribution in [0, 0.1) is 34.6 Å². The molecule has 0 bridgehead atoms. The standard InChI is InChI=1S/C22H26N2O2S2/c1-14-7-6-8-19(11-14)22-24-18(5)20(27-22)9-10-23-28(25,26)21-13-16(3)15(2)12-17(21)4/h6-8,11-13,23H,9-10H2,1-5H3. The summed E-state index contributed by atoms with van der Waals surface area (Å²) in [6.45, 7) is 10.2. The van der Waals surface area contributed by atoms with Crippen LogP contribution in [0.1, 0.15) is 32.8 Å². The van der Waals surface area contributed by atoms with E-state index in [1.807, 2.05) is 39.8 Å². The third kappa shape index (κ3) is 4.51. The number of hydrogen-bond donors (Lipinski definition) is 1. The molecule has 0 aliphatic carbocycles. The van der Waals surface area contributed by atoms with Gasteiger partial charge in [0.15, 0.2) is 0 Å². The Morgan fingerprint density at radius 1 is 0.964 bits per heavy atom. The molecule has 0 unspecified atom stereocenters. The van der Waals surface area contributed by atoms with E-state index >= 15 is 0 Å². The number of sulfonamides is 1. The van der Waals surface area contributed by atoms with E-state index in [9.17, 15) is 8.42 Å². The van der Waals surface area contributed by atoms with Gasteiger partial charge in [0.2, 0.25) is 10.0 Å². The van der Waals surface area contributed by atoms with Gasteiger partial charge in [0.25, 0.3) is 0 Å². The topological polar surface area (TPSA) is 59.1 Å². The summed E-state index contributed by atoms with van der Waals surface area (Å²) in [6.07, 6.45) is 0.623. The molecule has 0 saturated heterocycles. The van der Waals surface area contributed by atoms with Crippen LogP contribution in [0.3, 0.4) is 0 Å². The normalized spacial score (nSPS) is 11.8. The van der Waals surface area contributed by atoms with Gasteiger partial charge in [-0.15, -0.1) is 11.3 Å². The fourth-order valence-corrected chi connectivity index (χ4v) is 5.56. The zero-order valence-electron chi connectivity index (χ0n) is 17.0. The fraction of sp³-hybridized carbons (Fsp3) is 0.318. The third-order valence-electron chi connectivity index (χ3n) is 4.88. The second kappa shape index (κ2) is 8.15. The second-order valence-corrected chi connectivity index (χ2v) is 10.1. The largest absolute Gasteiger partial charge is 0.241 e. The summed E-state index contributed by atoms with van der Waals surface area (Å²) in [6, 6.07) is 11.9. The van der Waals surface area contributed by atoms with Crippen LogP contribution in [-0.2, 0) is 16.4 Å². The summed E-state index contributed by atoms with van der Waals surface area (Å²) in [7, 11) is -3.53. The quantitative estimate of drug-likeness (QED) is 0.626. The Hall–Kier alpha value is -2.02. The number of nitrogens with one attached hydrogen (secondary N) is 1. The van der Waals surface area contributed by atoms with Crippen LogP contribution in [-0.4, -0.2) is 19.9 Å². The lowest BCUT2D eigenvalue weighted by Gasteiger charge is -2.11. The molecular weight excluding hydrogens is 388 g/mol. The smallest absolute Gasteiger partial charge is 0.240 e. The zero-order chi connectivity index (χ0) is 20.5. The van der Waals surface area contributed by atoms with Crippen molar-refractivity contribution < 1.29 is 8.42 Å². The number of benzene rings is 2. The van der Waals surface area contributed by atoms with E-state index in [1.54, 1.807) is 17.4 Å². The van der Waals surface area contributed by atoms with Crippen LogP contribution in [0.15, 0.2) is 41.3 Å². The van der Waals surface area contributed by atoms with Gasteiger partial charge in [0.1, 0.15) is 5.01 Å². The van der Waals surface area contributed by atoms with Crippen molar-refractivity contribution in [1.82, 2.24) is 9.71 Å². The lowest BCUT2D eigenvalue weighted by molar-refractivity contribution is 0.581. The average molecular weight is 415 g/mol. The van der Waals surface area contributed by atoms with E-state index in [-0.39, 0.29) is 0 Å². The molecule has 148 valence electrons. The van der Waals surface area contributed by atoms with Gasteiger partial charge < -0.3 is 0 Å². The molecule has 1 aromatic heterocycles. The van der Waals surface area contributed by atoms with Crippen molar-refractivity contribution in [2.75, 3.05) is 6.54 Å². The van der Waals surface area contributed by atoms with Gasteiger partial charge >= 0.3 is 0 Å². The second-order valence-electron chi connectivity index (χ2n) is 7.25. The highest BCUT2D eigenvalue weighted by atomic mass is 32.2. The van der Waals surface area contributed by atoms with Gasteiger partial charge in [-0.2, -0.15) is 0 Å². The van der Waals surface area contributed by atoms with Crippen molar-refractivity contribution in [1.29, 1.82) is 0 Å². The van der Waals surface area contributed by atoms with E-state index in [0.29, 0.717) is 17.9 Å². The SMILES string of the molecule is Cc1cccc(-c2nc(C)c(CCNS(=O)(=O)c3cc(C)c(C)cc3C)s2)c1. The monoisotopic (exact) mass is 414 g/mol. The number of aromatic nitrogens is 1. The summed E-state index contributed by atoms with van der Waals surface area (Å²) >= 11 is 1.63. The molecule has 0 amide bonds. The van der Waals surface area contributed by atoms with E-state index < -0.39 is 10.0 Å². The predicted octanol–water partition coefficient (Wildman–Crippen LogP) is 4.87. The summed E-state index contributed by atoms with van der Waals surface area (Å²) in [5.74, 6) is 0. The van der Waals surface area contributed by atoms with Gasteiger partial charge in [0, 0.05) is 17.0 Å². The molecule has 0 spiro atoms. The number of nitrogens with zero attached hydrogens (tertiary/aromatic N) is 1. The van der Waals surface area contributed by atoms with E-state index in [2.05, 4.69) is 34.8 Å². The number of aryl methyl sites for hydroxylation is 5. The Bertz CT molecular complexity index is 1120. The van der Waals surface area contributed by atoms with Crippen molar-refractivity contribution in [2.24, 2.45) is 0 Å². The highest BCUT2D eigenvalue weighted by Gasteiger charge is 2.18. The lowest BCUT2D eigenvalue weighted by atomic mass is 10.1. The molecule has 0 saturated carbocycles. The maximum atomic E-state index is 12.7. The Morgan fingerprint density at radius 3 is 2.39 bits per heavy atom. The summed E-state index contributed by atoms with van der Waals surface area (Å²) in [4.78, 5) is 6.14. The Labute approximate surface area is 171 Å². The van der Waals surface area contributed by atoms with E-state index in [1.165, 1.54) is 5.56 Å². The lowest BCUT2D eigenvalue weighted by Crippen LogP contribution is -2.26. The first kappa shape index (κ1) is 20.7. The molecule has 3 rings (SSSR count). The number of rotatable bonds is 6. The molecular formula is C22H26N2O2S2. The molecule has 6 heteroatoms. The molecule has 2 aromatic carbocycles. The number of hydrogen-bond acceptors (Lipinski definition) is 4. The molecule has 0 radical (unpaired) electrons. The first-order valence-electron chi connectivity index (χ1n) is 9.28. The molecule has 28 heavy (non-hydrogen) atoms. The molecule has 0 aliphatic rings. The van der Waals surface area contributed by atoms with Gasteiger partial charge in [-0.1, -0.05) is 29.8 Å². The Balaban J connectivity index is 1.72. The predicted molar refractivity (Wildman–Crippen MR) is 117 cm³/mol. The van der Waals surface area contributed by atoms with Crippen LogP contribution in [0.4, 0.5) is 0 Å². The first-order valence-corrected chi connectivity index (χ1v) is 11.6.